The number of carbonyl (C=O) groups is 2. The first-order valence-electron chi connectivity index (χ1n) is 7.92. The number of likely N-dealkylation sites (N-methyl/N-ethyl adjacent to an activating group) is 1. The van der Waals surface area contributed by atoms with E-state index in [4.69, 9.17) is 0 Å². The summed E-state index contributed by atoms with van der Waals surface area (Å²) in [5, 5.41) is 11.5. The minimum Gasteiger partial charge on any atom is -0.377 e. The molecule has 3 atom stereocenters. The Balaban J connectivity index is 2.58. The Labute approximate surface area is 142 Å². The molecule has 0 radical (unpaired) electrons. The molecule has 0 spiro atoms. The van der Waals surface area contributed by atoms with Gasteiger partial charge in [-0.15, -0.1) is 0 Å². The highest BCUT2D eigenvalue weighted by molar-refractivity contribution is 6.03. The van der Waals surface area contributed by atoms with Crippen LogP contribution in [0.5, 0.6) is 0 Å². The van der Waals surface area contributed by atoms with Gasteiger partial charge in [0, 0.05) is 11.5 Å². The molecular weight excluding hydrogens is 302 g/mol. The van der Waals surface area contributed by atoms with Crippen molar-refractivity contribution < 1.29 is 14.7 Å². The second-order valence-corrected chi connectivity index (χ2v) is 6.21. The van der Waals surface area contributed by atoms with Crippen molar-refractivity contribution in [2.75, 3.05) is 14.1 Å². The van der Waals surface area contributed by atoms with Crippen LogP contribution in [0.3, 0.4) is 0 Å². The molecule has 0 saturated heterocycles. The summed E-state index contributed by atoms with van der Waals surface area (Å²) in [4.78, 5) is 26.4. The zero-order valence-corrected chi connectivity index (χ0v) is 14.2. The van der Waals surface area contributed by atoms with Gasteiger partial charge in [0.15, 0.2) is 11.4 Å². The zero-order valence-electron chi connectivity index (χ0n) is 14.2. The van der Waals surface area contributed by atoms with Crippen molar-refractivity contribution in [2.45, 2.75) is 18.6 Å². The van der Waals surface area contributed by atoms with Crippen LogP contribution in [-0.2, 0) is 10.4 Å². The zero-order chi connectivity index (χ0) is 17.7. The van der Waals surface area contributed by atoms with E-state index in [2.05, 4.69) is 0 Å². The summed E-state index contributed by atoms with van der Waals surface area (Å²) >= 11 is 0. The first kappa shape index (κ1) is 18.0. The summed E-state index contributed by atoms with van der Waals surface area (Å²) in [6.07, 6.45) is 0.775. The van der Waals surface area contributed by atoms with Crippen LogP contribution in [0, 0.1) is 5.92 Å². The normalized spacial score (nSPS) is 16.2. The number of aliphatic hydroxyl groups is 1. The fourth-order valence-electron chi connectivity index (χ4n) is 3.04. The van der Waals surface area contributed by atoms with E-state index in [-0.39, 0.29) is 0 Å². The molecule has 0 saturated carbocycles. The largest absolute Gasteiger partial charge is 0.377 e. The van der Waals surface area contributed by atoms with Crippen LogP contribution in [0.4, 0.5) is 0 Å². The van der Waals surface area contributed by atoms with E-state index in [1.807, 2.05) is 12.1 Å². The average molecular weight is 325 g/mol. The second kappa shape index (κ2) is 7.51. The fraction of sp³-hybridized carbons (Fsp3) is 0.300. The third-order valence-corrected chi connectivity index (χ3v) is 4.50. The molecule has 24 heavy (non-hydrogen) atoms. The molecule has 0 heterocycles. The van der Waals surface area contributed by atoms with Gasteiger partial charge < -0.3 is 9.90 Å². The van der Waals surface area contributed by atoms with Gasteiger partial charge in [-0.05, 0) is 19.7 Å². The molecule has 0 aliphatic carbocycles. The summed E-state index contributed by atoms with van der Waals surface area (Å²) in [6, 6.07) is 16.9. The van der Waals surface area contributed by atoms with Crippen LogP contribution in [-0.4, -0.2) is 42.2 Å². The van der Waals surface area contributed by atoms with Crippen molar-refractivity contribution in [3.05, 3.63) is 71.8 Å². The maximum absolute atomic E-state index is 13.2. The van der Waals surface area contributed by atoms with Crippen molar-refractivity contribution in [1.82, 2.24) is 4.90 Å². The molecule has 0 aliphatic heterocycles. The van der Waals surface area contributed by atoms with Gasteiger partial charge in [0.05, 0.1) is 6.04 Å². The molecule has 2 rings (SSSR count). The fourth-order valence-corrected chi connectivity index (χ4v) is 3.04. The lowest BCUT2D eigenvalue weighted by Crippen LogP contribution is -2.51. The number of aldehydes is 1. The van der Waals surface area contributed by atoms with Crippen LogP contribution < -0.4 is 0 Å². The summed E-state index contributed by atoms with van der Waals surface area (Å²) in [7, 11) is 3.52. The van der Waals surface area contributed by atoms with E-state index >= 15 is 0 Å². The lowest BCUT2D eigenvalue weighted by molar-refractivity contribution is -0.116. The van der Waals surface area contributed by atoms with Gasteiger partial charge in [-0.25, -0.2) is 0 Å². The highest BCUT2D eigenvalue weighted by Crippen LogP contribution is 2.36. The SMILES string of the molecule is CC(C(C=O)N(C)C)C(O)(C(=O)c1ccccc1)c1ccccc1. The monoisotopic (exact) mass is 325 g/mol. The van der Waals surface area contributed by atoms with Crippen LogP contribution in [0.25, 0.3) is 0 Å². The molecule has 3 unspecified atom stereocenters. The number of hydrogen-bond donors (Lipinski definition) is 1. The summed E-state index contributed by atoms with van der Waals surface area (Å²) in [5.41, 5.74) is -0.891. The molecule has 4 nitrogen and oxygen atoms in total. The Morgan fingerprint density at radius 3 is 2.00 bits per heavy atom. The molecule has 4 heteroatoms. The van der Waals surface area contributed by atoms with Gasteiger partial charge >= 0.3 is 0 Å². The second-order valence-electron chi connectivity index (χ2n) is 6.21. The van der Waals surface area contributed by atoms with E-state index in [1.54, 1.807) is 74.4 Å². The number of rotatable bonds is 7. The van der Waals surface area contributed by atoms with Crippen LogP contribution >= 0.6 is 0 Å². The third-order valence-electron chi connectivity index (χ3n) is 4.50. The average Bonchev–Trinajstić information content (AvgIpc) is 2.62. The van der Waals surface area contributed by atoms with Gasteiger partial charge in [-0.2, -0.15) is 0 Å². The quantitative estimate of drug-likeness (QED) is 0.628. The molecule has 2 aromatic carbocycles. The Morgan fingerprint density at radius 2 is 1.54 bits per heavy atom. The molecule has 0 bridgehead atoms. The number of ketones is 1. The lowest BCUT2D eigenvalue weighted by atomic mass is 9.73. The number of nitrogens with zero attached hydrogens (tertiary/aromatic N) is 1. The first-order chi connectivity index (χ1) is 11.4. The molecule has 1 N–H and O–H groups in total. The Kier molecular flexibility index (Phi) is 5.65. The van der Waals surface area contributed by atoms with Gasteiger partial charge in [0.2, 0.25) is 0 Å². The van der Waals surface area contributed by atoms with Crippen LogP contribution in [0.1, 0.15) is 22.8 Å². The Morgan fingerprint density at radius 1 is 1.04 bits per heavy atom. The molecule has 0 aromatic heterocycles. The topological polar surface area (TPSA) is 57.6 Å². The minimum atomic E-state index is -1.79. The Hall–Kier alpha value is -2.30. The van der Waals surface area contributed by atoms with Gasteiger partial charge in [0.25, 0.3) is 0 Å². The molecule has 0 amide bonds. The summed E-state index contributed by atoms with van der Waals surface area (Å²) < 4.78 is 0. The van der Waals surface area contributed by atoms with E-state index in [0.717, 1.165) is 6.29 Å². The van der Waals surface area contributed by atoms with Crippen molar-refractivity contribution in [1.29, 1.82) is 0 Å². The van der Waals surface area contributed by atoms with E-state index in [0.29, 0.717) is 11.1 Å². The molecule has 2 aromatic rings. The summed E-state index contributed by atoms with van der Waals surface area (Å²) in [5.74, 6) is -1.03. The van der Waals surface area contributed by atoms with Crippen molar-refractivity contribution >= 4 is 12.1 Å². The smallest absolute Gasteiger partial charge is 0.199 e. The first-order valence-corrected chi connectivity index (χ1v) is 7.92. The highest BCUT2D eigenvalue weighted by Gasteiger charge is 2.47. The maximum atomic E-state index is 13.2. The van der Waals surface area contributed by atoms with E-state index in [1.165, 1.54) is 0 Å². The van der Waals surface area contributed by atoms with E-state index in [9.17, 15) is 14.7 Å². The predicted octanol–water partition coefficient (Wildman–Crippen LogP) is 2.52. The number of Topliss-reactive ketones (excluding diaryl/α,β-unsaturated/α-hetero) is 1. The molecule has 126 valence electrons. The van der Waals surface area contributed by atoms with Gasteiger partial charge in [-0.3, -0.25) is 9.69 Å². The number of carbonyl (C=O) groups excluding carboxylic acids is 2. The van der Waals surface area contributed by atoms with Gasteiger partial charge in [-0.1, -0.05) is 67.6 Å². The maximum Gasteiger partial charge on any atom is 0.199 e. The standard InChI is InChI=1S/C20H23NO3/c1-15(18(14-22)21(2)3)20(24,17-12-8-5-9-13-17)19(23)16-10-6-4-7-11-16/h4-15,18,24H,1-3H3. The van der Waals surface area contributed by atoms with Crippen LogP contribution in [0.2, 0.25) is 0 Å². The molecule has 0 fully saturated rings. The van der Waals surface area contributed by atoms with Crippen molar-refractivity contribution in [3.63, 3.8) is 0 Å². The third kappa shape index (κ3) is 3.30. The number of benzene rings is 2. The van der Waals surface area contributed by atoms with Gasteiger partial charge in [0.1, 0.15) is 6.29 Å². The molecular formula is C20H23NO3. The van der Waals surface area contributed by atoms with Crippen molar-refractivity contribution in [3.8, 4) is 0 Å². The minimum absolute atomic E-state index is 0.407. The highest BCUT2D eigenvalue weighted by atomic mass is 16.3. The van der Waals surface area contributed by atoms with Crippen molar-refractivity contribution in [2.24, 2.45) is 5.92 Å². The van der Waals surface area contributed by atoms with Crippen LogP contribution in [0.15, 0.2) is 60.7 Å². The number of hydrogen-bond acceptors (Lipinski definition) is 4. The van der Waals surface area contributed by atoms with E-state index < -0.39 is 23.3 Å². The predicted molar refractivity (Wildman–Crippen MR) is 93.8 cm³/mol. The molecule has 0 aliphatic rings. The Bertz CT molecular complexity index is 685. The lowest BCUT2D eigenvalue weighted by Gasteiger charge is -2.38. The summed E-state index contributed by atoms with van der Waals surface area (Å²) in [6.45, 7) is 1.73.